The number of hydrogen-bond acceptors (Lipinski definition) is 3. The standard InChI is InChI=1S/C11H16F3N3O/c1-9(12,13)7-16-4-2-10(3-5-16)8(18)17-11(10,14)6-15-17/h15H,2-7H2,1H3. The summed E-state index contributed by atoms with van der Waals surface area (Å²) in [6.07, 6.45) is 0.660. The summed E-state index contributed by atoms with van der Waals surface area (Å²) in [7, 11) is 0. The second-order valence-corrected chi connectivity index (χ2v) is 5.66. The lowest BCUT2D eigenvalue weighted by molar-refractivity contribution is -0.297. The summed E-state index contributed by atoms with van der Waals surface area (Å²) in [6.45, 7) is 1.42. The molecule has 1 N–H and O–H groups in total. The number of halogens is 3. The van der Waals surface area contributed by atoms with Gasteiger partial charge in [-0.3, -0.25) is 9.69 Å². The highest BCUT2D eigenvalue weighted by Crippen LogP contribution is 2.58. The molecule has 3 fully saturated rings. The molecule has 0 aliphatic carbocycles. The Morgan fingerprint density at radius 3 is 2.39 bits per heavy atom. The van der Waals surface area contributed by atoms with Crippen molar-refractivity contribution in [2.45, 2.75) is 31.5 Å². The minimum Gasteiger partial charge on any atom is -0.297 e. The third-order valence-electron chi connectivity index (χ3n) is 4.38. The highest BCUT2D eigenvalue weighted by Gasteiger charge is 2.77. The van der Waals surface area contributed by atoms with Crippen LogP contribution in [0.4, 0.5) is 13.2 Å². The summed E-state index contributed by atoms with van der Waals surface area (Å²) in [5.74, 6) is -4.55. The van der Waals surface area contributed by atoms with Crippen molar-refractivity contribution < 1.29 is 18.0 Å². The summed E-state index contributed by atoms with van der Waals surface area (Å²) in [6, 6.07) is 0. The predicted molar refractivity (Wildman–Crippen MR) is 57.4 cm³/mol. The summed E-state index contributed by atoms with van der Waals surface area (Å²) < 4.78 is 40.2. The van der Waals surface area contributed by atoms with Crippen LogP contribution in [-0.2, 0) is 4.79 Å². The second kappa shape index (κ2) is 3.39. The number of alkyl halides is 3. The molecule has 3 aliphatic rings. The molecular weight excluding hydrogens is 247 g/mol. The maximum Gasteiger partial charge on any atom is 0.257 e. The van der Waals surface area contributed by atoms with Crippen molar-refractivity contribution >= 4 is 5.91 Å². The lowest BCUT2D eigenvalue weighted by Gasteiger charge is -2.67. The van der Waals surface area contributed by atoms with E-state index in [1.165, 1.54) is 0 Å². The number of nitrogens with one attached hydrogen (secondary N) is 1. The first-order chi connectivity index (χ1) is 8.29. The number of amides is 1. The van der Waals surface area contributed by atoms with E-state index in [1.54, 1.807) is 4.90 Å². The molecule has 102 valence electrons. The topological polar surface area (TPSA) is 35.6 Å². The number of rotatable bonds is 2. The fraction of sp³-hybridized carbons (Fsp3) is 0.909. The molecular formula is C11H16F3N3O. The molecule has 3 rings (SSSR count). The lowest BCUT2D eigenvalue weighted by Crippen LogP contribution is -2.90. The highest BCUT2D eigenvalue weighted by atomic mass is 19.3. The number of hydrazine groups is 1. The Kier molecular flexibility index (Phi) is 2.30. The fourth-order valence-corrected chi connectivity index (χ4v) is 3.32. The molecule has 0 aromatic carbocycles. The van der Waals surface area contributed by atoms with Crippen LogP contribution in [0.15, 0.2) is 0 Å². The van der Waals surface area contributed by atoms with E-state index in [-0.39, 0.29) is 19.0 Å². The molecule has 7 heteroatoms. The van der Waals surface area contributed by atoms with Gasteiger partial charge in [-0.2, -0.15) is 0 Å². The summed E-state index contributed by atoms with van der Waals surface area (Å²) in [5, 5.41) is 1.04. The quantitative estimate of drug-likeness (QED) is 0.590. The summed E-state index contributed by atoms with van der Waals surface area (Å²) in [5.41, 5.74) is 1.67. The number of β-lactam (4-membered cyclic amide) rings is 1. The fourth-order valence-electron chi connectivity index (χ4n) is 3.32. The van der Waals surface area contributed by atoms with Crippen LogP contribution in [-0.4, -0.2) is 53.7 Å². The molecule has 0 radical (unpaired) electrons. The monoisotopic (exact) mass is 263 g/mol. The Hall–Kier alpha value is -0.820. The SMILES string of the molecule is CC(F)(F)CN1CCC2(CC1)C(=O)N1NCC12F. The van der Waals surface area contributed by atoms with Crippen molar-refractivity contribution in [1.29, 1.82) is 0 Å². The molecule has 3 aliphatic heterocycles. The zero-order chi connectivity index (χ0) is 13.2. The molecule has 18 heavy (non-hydrogen) atoms. The smallest absolute Gasteiger partial charge is 0.257 e. The number of piperidine rings is 1. The Morgan fingerprint density at radius 2 is 2.00 bits per heavy atom. The molecule has 3 saturated heterocycles. The van der Waals surface area contributed by atoms with Crippen molar-refractivity contribution in [2.75, 3.05) is 26.2 Å². The van der Waals surface area contributed by atoms with E-state index in [4.69, 9.17) is 0 Å². The third-order valence-corrected chi connectivity index (χ3v) is 4.38. The Bertz CT molecular complexity index is 389. The van der Waals surface area contributed by atoms with Gasteiger partial charge in [0.05, 0.1) is 13.1 Å². The van der Waals surface area contributed by atoms with Crippen molar-refractivity contribution in [3.63, 3.8) is 0 Å². The van der Waals surface area contributed by atoms with Gasteiger partial charge in [-0.15, -0.1) is 0 Å². The molecule has 0 saturated carbocycles. The lowest BCUT2D eigenvalue weighted by atomic mass is 9.61. The van der Waals surface area contributed by atoms with Crippen molar-refractivity contribution in [3.05, 3.63) is 0 Å². The van der Waals surface area contributed by atoms with Crippen LogP contribution in [0.2, 0.25) is 0 Å². The van der Waals surface area contributed by atoms with Gasteiger partial charge in [-0.05, 0) is 25.9 Å². The molecule has 1 spiro atoms. The van der Waals surface area contributed by atoms with E-state index in [2.05, 4.69) is 5.43 Å². The third kappa shape index (κ3) is 1.37. The van der Waals surface area contributed by atoms with Gasteiger partial charge >= 0.3 is 0 Å². The van der Waals surface area contributed by atoms with E-state index in [9.17, 15) is 18.0 Å². The Labute approximate surface area is 103 Å². The van der Waals surface area contributed by atoms with Crippen LogP contribution in [0.1, 0.15) is 19.8 Å². The number of carbonyl (C=O) groups is 1. The average molecular weight is 263 g/mol. The van der Waals surface area contributed by atoms with Crippen molar-refractivity contribution in [1.82, 2.24) is 15.3 Å². The minimum absolute atomic E-state index is 0.155. The molecule has 1 atom stereocenters. The Morgan fingerprint density at radius 1 is 1.39 bits per heavy atom. The van der Waals surface area contributed by atoms with Gasteiger partial charge in [-0.1, -0.05) is 0 Å². The van der Waals surface area contributed by atoms with Crippen LogP contribution >= 0.6 is 0 Å². The maximum absolute atomic E-state index is 14.4. The van der Waals surface area contributed by atoms with Gasteiger partial charge in [0.25, 0.3) is 11.8 Å². The zero-order valence-corrected chi connectivity index (χ0v) is 10.2. The van der Waals surface area contributed by atoms with Gasteiger partial charge in [0.15, 0.2) is 0 Å². The molecule has 4 nitrogen and oxygen atoms in total. The Balaban J connectivity index is 1.65. The van der Waals surface area contributed by atoms with Crippen LogP contribution in [0.5, 0.6) is 0 Å². The normalized spacial score (nSPS) is 35.1. The number of hydrogen-bond donors (Lipinski definition) is 1. The first kappa shape index (κ1) is 12.2. The minimum atomic E-state index is -2.74. The van der Waals surface area contributed by atoms with E-state index in [0.717, 1.165) is 11.9 Å². The van der Waals surface area contributed by atoms with E-state index >= 15 is 0 Å². The molecule has 0 aromatic heterocycles. The van der Waals surface area contributed by atoms with Gasteiger partial charge in [0, 0.05) is 6.92 Å². The molecule has 0 aromatic rings. The van der Waals surface area contributed by atoms with Crippen LogP contribution in [0, 0.1) is 5.41 Å². The van der Waals surface area contributed by atoms with Crippen molar-refractivity contribution in [3.8, 4) is 0 Å². The van der Waals surface area contributed by atoms with Crippen LogP contribution < -0.4 is 5.43 Å². The summed E-state index contributed by atoms with van der Waals surface area (Å²) in [4.78, 5) is 13.5. The van der Waals surface area contributed by atoms with Crippen LogP contribution in [0.3, 0.4) is 0 Å². The van der Waals surface area contributed by atoms with E-state index in [0.29, 0.717) is 25.9 Å². The first-order valence-electron chi connectivity index (χ1n) is 6.16. The molecule has 1 amide bonds. The van der Waals surface area contributed by atoms with Gasteiger partial charge in [-0.25, -0.2) is 23.6 Å². The van der Waals surface area contributed by atoms with Gasteiger partial charge in [0.1, 0.15) is 5.41 Å². The second-order valence-electron chi connectivity index (χ2n) is 5.66. The van der Waals surface area contributed by atoms with Gasteiger partial charge < -0.3 is 0 Å². The molecule has 0 bridgehead atoms. The number of fused-ring (bicyclic) bond motifs is 2. The molecule has 3 heterocycles. The van der Waals surface area contributed by atoms with E-state index in [1.807, 2.05) is 0 Å². The largest absolute Gasteiger partial charge is 0.297 e. The number of carbonyl (C=O) groups excluding carboxylic acids is 1. The molecule has 1 unspecified atom stereocenters. The van der Waals surface area contributed by atoms with Gasteiger partial charge in [0.2, 0.25) is 5.79 Å². The summed E-state index contributed by atoms with van der Waals surface area (Å²) >= 11 is 0. The van der Waals surface area contributed by atoms with Crippen LogP contribution in [0.25, 0.3) is 0 Å². The maximum atomic E-state index is 14.4. The average Bonchev–Trinajstić information content (AvgIpc) is 2.25. The zero-order valence-electron chi connectivity index (χ0n) is 10.2. The highest BCUT2D eigenvalue weighted by molar-refractivity contribution is 5.92. The number of nitrogens with zero attached hydrogens (tertiary/aromatic N) is 2. The van der Waals surface area contributed by atoms with E-state index < -0.39 is 17.1 Å². The van der Waals surface area contributed by atoms with Crippen molar-refractivity contribution in [2.24, 2.45) is 5.41 Å². The first-order valence-corrected chi connectivity index (χ1v) is 6.16. The number of likely N-dealkylation sites (tertiary alicyclic amines) is 1. The predicted octanol–water partition coefficient (Wildman–Crippen LogP) is 0.750.